The van der Waals surface area contributed by atoms with Crippen LogP contribution in [0.25, 0.3) is 0 Å². The van der Waals surface area contributed by atoms with E-state index in [0.29, 0.717) is 12.5 Å². The first-order chi connectivity index (χ1) is 11.8. The molecule has 0 saturated carbocycles. The first-order valence-corrected chi connectivity index (χ1v) is 10.7. The van der Waals surface area contributed by atoms with Gasteiger partial charge in [-0.3, -0.25) is 0 Å². The van der Waals surface area contributed by atoms with Gasteiger partial charge in [0.1, 0.15) is 0 Å². The highest BCUT2D eigenvalue weighted by Gasteiger charge is 2.42. The van der Waals surface area contributed by atoms with Crippen molar-refractivity contribution < 1.29 is 8.85 Å². The molecule has 24 heavy (non-hydrogen) atoms. The first kappa shape index (κ1) is 17.2. The molecule has 0 N–H and O–H groups in total. The Morgan fingerprint density at radius 3 is 2.00 bits per heavy atom. The summed E-state index contributed by atoms with van der Waals surface area (Å²) in [6.45, 7) is 3.47. The largest absolute Gasteiger partial charge is 0.407 e. The van der Waals surface area contributed by atoms with Gasteiger partial charge in [0, 0.05) is 13.2 Å². The van der Waals surface area contributed by atoms with E-state index in [4.69, 9.17) is 8.85 Å². The summed E-state index contributed by atoms with van der Waals surface area (Å²) in [5.41, 5.74) is 0. The van der Waals surface area contributed by atoms with Gasteiger partial charge in [-0.1, -0.05) is 72.8 Å². The summed E-state index contributed by atoms with van der Waals surface area (Å²) in [7, 11) is -2.66. The van der Waals surface area contributed by atoms with E-state index in [9.17, 15) is 0 Å². The van der Waals surface area contributed by atoms with Crippen LogP contribution in [-0.2, 0) is 8.85 Å². The van der Waals surface area contributed by atoms with Crippen LogP contribution >= 0.6 is 0 Å². The third kappa shape index (κ3) is 3.86. The van der Waals surface area contributed by atoms with E-state index in [0.717, 1.165) is 19.4 Å². The van der Waals surface area contributed by atoms with Crippen LogP contribution in [0.1, 0.15) is 26.2 Å². The fourth-order valence-electron chi connectivity index (χ4n) is 3.30. The second kappa shape index (κ2) is 8.43. The van der Waals surface area contributed by atoms with Crippen molar-refractivity contribution in [1.29, 1.82) is 0 Å². The molecule has 1 atom stereocenters. The zero-order chi connectivity index (χ0) is 16.7. The minimum atomic E-state index is -2.66. The summed E-state index contributed by atoms with van der Waals surface area (Å²) in [6, 6.07) is 21.0. The van der Waals surface area contributed by atoms with Gasteiger partial charge in [0.05, 0.1) is 0 Å². The average molecular weight is 339 g/mol. The number of benzene rings is 2. The zero-order valence-corrected chi connectivity index (χ0v) is 15.4. The molecule has 3 heteroatoms. The molecule has 1 aliphatic rings. The van der Waals surface area contributed by atoms with Gasteiger partial charge in [0.2, 0.25) is 0 Å². The van der Waals surface area contributed by atoms with Crippen molar-refractivity contribution in [2.75, 3.05) is 13.2 Å². The van der Waals surface area contributed by atoms with Crippen LogP contribution < -0.4 is 10.4 Å². The lowest BCUT2D eigenvalue weighted by Gasteiger charge is -2.33. The van der Waals surface area contributed by atoms with E-state index in [1.165, 1.54) is 16.8 Å². The molecule has 1 aliphatic carbocycles. The highest BCUT2D eigenvalue weighted by Crippen LogP contribution is 2.20. The Labute approximate surface area is 146 Å². The molecule has 0 amide bonds. The van der Waals surface area contributed by atoms with Gasteiger partial charge in [-0.05, 0) is 42.5 Å². The van der Waals surface area contributed by atoms with E-state index in [-0.39, 0.29) is 0 Å². The highest BCUT2D eigenvalue weighted by atomic mass is 28.4. The van der Waals surface area contributed by atoms with Gasteiger partial charge in [-0.25, -0.2) is 0 Å². The van der Waals surface area contributed by atoms with Crippen LogP contribution in [0, 0.1) is 5.92 Å². The fraction of sp³-hybridized carbons (Fsp3) is 0.333. The average Bonchev–Trinajstić information content (AvgIpc) is 2.67. The molecule has 0 aliphatic heterocycles. The molecule has 0 fully saturated rings. The van der Waals surface area contributed by atoms with E-state index in [1.807, 2.05) is 12.1 Å². The van der Waals surface area contributed by atoms with Crippen LogP contribution in [0.4, 0.5) is 0 Å². The Balaban J connectivity index is 1.93. The predicted molar refractivity (Wildman–Crippen MR) is 102 cm³/mol. The third-order valence-electron chi connectivity index (χ3n) is 4.56. The summed E-state index contributed by atoms with van der Waals surface area (Å²) in [6.07, 6.45) is 8.04. The van der Waals surface area contributed by atoms with E-state index < -0.39 is 8.56 Å². The topological polar surface area (TPSA) is 18.5 Å². The SMILES string of the molecule is CCO[Si](OCC1CC=CCC1)(c1ccccc1)c1ccccc1. The standard InChI is InChI=1S/C21H26O2Si/c1-2-22-24(20-14-8-4-9-15-20,21-16-10-5-11-17-21)23-18-19-12-6-3-7-13-19/h3-6,8-11,14-17,19H,2,7,12-13,18H2,1H3. The number of hydrogen-bond donors (Lipinski definition) is 0. The van der Waals surface area contributed by atoms with Crippen LogP contribution in [0.3, 0.4) is 0 Å². The lowest BCUT2D eigenvalue weighted by Crippen LogP contribution is -2.63. The Morgan fingerprint density at radius 1 is 0.875 bits per heavy atom. The summed E-state index contributed by atoms with van der Waals surface area (Å²) in [4.78, 5) is 0. The molecule has 2 aromatic rings. The van der Waals surface area contributed by atoms with Crippen molar-refractivity contribution in [1.82, 2.24) is 0 Å². The molecule has 3 rings (SSSR count). The normalized spacial score (nSPS) is 17.8. The van der Waals surface area contributed by atoms with Crippen molar-refractivity contribution >= 4 is 18.9 Å². The molecular weight excluding hydrogens is 312 g/mol. The van der Waals surface area contributed by atoms with Crippen molar-refractivity contribution in [3.05, 3.63) is 72.8 Å². The van der Waals surface area contributed by atoms with Gasteiger partial charge >= 0.3 is 8.56 Å². The molecule has 0 bridgehead atoms. The lowest BCUT2D eigenvalue weighted by molar-refractivity contribution is 0.165. The Morgan fingerprint density at radius 2 is 1.50 bits per heavy atom. The molecule has 0 radical (unpaired) electrons. The second-order valence-corrected chi connectivity index (χ2v) is 9.21. The van der Waals surface area contributed by atoms with Crippen molar-refractivity contribution in [3.8, 4) is 0 Å². The second-order valence-electron chi connectivity index (χ2n) is 6.24. The molecule has 0 heterocycles. The minimum absolute atomic E-state index is 0.592. The van der Waals surface area contributed by atoms with Crippen LogP contribution in [0.15, 0.2) is 72.8 Å². The summed E-state index contributed by atoms with van der Waals surface area (Å²) >= 11 is 0. The van der Waals surface area contributed by atoms with E-state index in [1.54, 1.807) is 0 Å². The highest BCUT2D eigenvalue weighted by molar-refractivity contribution is 6.92. The van der Waals surface area contributed by atoms with Crippen molar-refractivity contribution in [3.63, 3.8) is 0 Å². The molecule has 2 nitrogen and oxygen atoms in total. The van der Waals surface area contributed by atoms with Gasteiger partial charge in [0.15, 0.2) is 0 Å². The van der Waals surface area contributed by atoms with Gasteiger partial charge in [-0.15, -0.1) is 0 Å². The molecule has 0 aromatic heterocycles. The maximum absolute atomic E-state index is 6.66. The Bertz CT molecular complexity index is 600. The predicted octanol–water partition coefficient (Wildman–Crippen LogP) is 3.65. The molecule has 1 unspecified atom stereocenters. The quantitative estimate of drug-likeness (QED) is 0.567. The third-order valence-corrected chi connectivity index (χ3v) is 8.01. The van der Waals surface area contributed by atoms with Crippen molar-refractivity contribution in [2.45, 2.75) is 26.2 Å². The molecule has 0 spiro atoms. The zero-order valence-electron chi connectivity index (χ0n) is 14.4. The Hall–Kier alpha value is -1.68. The van der Waals surface area contributed by atoms with Gasteiger partial charge in [0.25, 0.3) is 0 Å². The lowest BCUT2D eigenvalue weighted by atomic mass is 9.96. The summed E-state index contributed by atoms with van der Waals surface area (Å²) < 4.78 is 13.1. The number of rotatable bonds is 7. The smallest absolute Gasteiger partial charge is 0.388 e. The van der Waals surface area contributed by atoms with E-state index in [2.05, 4.69) is 67.6 Å². The molecule has 2 aromatic carbocycles. The number of allylic oxidation sites excluding steroid dienone is 2. The summed E-state index contributed by atoms with van der Waals surface area (Å²) in [5, 5.41) is 2.37. The fourth-order valence-corrected chi connectivity index (χ4v) is 6.53. The maximum atomic E-state index is 6.66. The monoisotopic (exact) mass is 338 g/mol. The molecule has 0 saturated heterocycles. The van der Waals surface area contributed by atoms with Crippen LogP contribution in [0.5, 0.6) is 0 Å². The van der Waals surface area contributed by atoms with Crippen LogP contribution in [0.2, 0.25) is 0 Å². The number of hydrogen-bond acceptors (Lipinski definition) is 2. The maximum Gasteiger partial charge on any atom is 0.407 e. The molecule has 126 valence electrons. The Kier molecular flexibility index (Phi) is 6.02. The van der Waals surface area contributed by atoms with Gasteiger partial charge < -0.3 is 8.85 Å². The van der Waals surface area contributed by atoms with Crippen LogP contribution in [-0.4, -0.2) is 21.8 Å². The first-order valence-electron chi connectivity index (χ1n) is 8.89. The summed E-state index contributed by atoms with van der Waals surface area (Å²) in [5.74, 6) is 0.592. The molecular formula is C21H26O2Si. The van der Waals surface area contributed by atoms with Gasteiger partial charge in [-0.2, -0.15) is 0 Å². The van der Waals surface area contributed by atoms with Crippen molar-refractivity contribution in [2.24, 2.45) is 5.92 Å². The van der Waals surface area contributed by atoms with E-state index >= 15 is 0 Å². The minimum Gasteiger partial charge on any atom is -0.388 e.